The van der Waals surface area contributed by atoms with Gasteiger partial charge in [0.05, 0.1) is 16.8 Å². The van der Waals surface area contributed by atoms with Crippen molar-refractivity contribution in [3.63, 3.8) is 0 Å². The minimum atomic E-state index is -1.32. The first-order chi connectivity index (χ1) is 14.8. The first-order valence-electron chi connectivity index (χ1n) is 10.2. The van der Waals surface area contributed by atoms with E-state index in [0.29, 0.717) is 29.2 Å². The molecule has 0 aliphatic heterocycles. The predicted octanol–water partition coefficient (Wildman–Crippen LogP) is 6.77. The molecular formula is C24H23ClFN3O2. The average molecular weight is 440 g/mol. The molecule has 0 atom stereocenters. The molecule has 5 nitrogen and oxygen atoms in total. The number of hydrogen-bond acceptors (Lipinski definition) is 4. The number of alkyl halides is 1. The largest absolute Gasteiger partial charge is 0.447 e. The molecule has 0 bridgehead atoms. The van der Waals surface area contributed by atoms with E-state index in [9.17, 15) is 9.18 Å². The third-order valence-electron chi connectivity index (χ3n) is 5.31. The van der Waals surface area contributed by atoms with Gasteiger partial charge >= 0.3 is 6.09 Å². The Hall–Kier alpha value is -2.99. The lowest BCUT2D eigenvalue weighted by Crippen LogP contribution is -2.29. The highest BCUT2D eigenvalue weighted by Gasteiger charge is 2.40. The van der Waals surface area contributed by atoms with Gasteiger partial charge in [-0.25, -0.2) is 9.18 Å². The van der Waals surface area contributed by atoms with Gasteiger partial charge in [-0.2, -0.15) is 0 Å². The van der Waals surface area contributed by atoms with Crippen LogP contribution in [0.3, 0.4) is 0 Å². The first-order valence-corrected chi connectivity index (χ1v) is 10.6. The van der Waals surface area contributed by atoms with E-state index in [-0.39, 0.29) is 6.10 Å². The molecule has 160 valence electrons. The molecule has 0 radical (unpaired) electrons. The predicted molar refractivity (Wildman–Crippen MR) is 120 cm³/mol. The highest BCUT2D eigenvalue weighted by molar-refractivity contribution is 6.33. The van der Waals surface area contributed by atoms with Crippen molar-refractivity contribution in [1.82, 2.24) is 9.97 Å². The minimum Gasteiger partial charge on any atom is -0.447 e. The number of amides is 1. The third kappa shape index (κ3) is 4.69. The van der Waals surface area contributed by atoms with Gasteiger partial charge in [-0.3, -0.25) is 15.3 Å². The Morgan fingerprint density at radius 1 is 1.13 bits per heavy atom. The molecule has 2 heterocycles. The number of rotatable bonds is 5. The van der Waals surface area contributed by atoms with Gasteiger partial charge in [-0.15, -0.1) is 0 Å². The van der Waals surface area contributed by atoms with Gasteiger partial charge < -0.3 is 4.74 Å². The molecule has 1 aliphatic carbocycles. The van der Waals surface area contributed by atoms with Crippen molar-refractivity contribution < 1.29 is 13.9 Å². The van der Waals surface area contributed by atoms with E-state index < -0.39 is 11.8 Å². The van der Waals surface area contributed by atoms with Crippen molar-refractivity contribution >= 4 is 23.4 Å². The Labute approximate surface area is 185 Å². The highest BCUT2D eigenvalue weighted by atomic mass is 35.5. The maximum atomic E-state index is 14.8. The van der Waals surface area contributed by atoms with Gasteiger partial charge in [0.2, 0.25) is 0 Å². The lowest BCUT2D eigenvalue weighted by molar-refractivity contribution is 0.0560. The van der Waals surface area contributed by atoms with Crippen LogP contribution in [-0.4, -0.2) is 22.2 Å². The van der Waals surface area contributed by atoms with E-state index >= 15 is 0 Å². The van der Waals surface area contributed by atoms with Gasteiger partial charge in [0, 0.05) is 41.0 Å². The second kappa shape index (κ2) is 8.63. The average Bonchev–Trinajstić information content (AvgIpc) is 2.71. The van der Waals surface area contributed by atoms with Crippen LogP contribution in [-0.2, 0) is 10.4 Å². The van der Waals surface area contributed by atoms with Gasteiger partial charge in [0.1, 0.15) is 0 Å². The highest BCUT2D eigenvalue weighted by Crippen LogP contribution is 2.44. The first kappa shape index (κ1) is 21.2. The van der Waals surface area contributed by atoms with Gasteiger partial charge in [0.15, 0.2) is 5.67 Å². The normalized spacial score (nSPS) is 14.7. The quantitative estimate of drug-likeness (QED) is 0.476. The summed E-state index contributed by atoms with van der Waals surface area (Å²) in [6.07, 6.45) is 6.26. The molecule has 0 saturated heterocycles. The van der Waals surface area contributed by atoms with Crippen molar-refractivity contribution in [3.8, 4) is 22.3 Å². The van der Waals surface area contributed by atoms with Crippen LogP contribution < -0.4 is 5.32 Å². The molecule has 1 amide bonds. The number of nitrogens with zero attached hydrogens (tertiary/aromatic N) is 2. The van der Waals surface area contributed by atoms with E-state index in [1.165, 1.54) is 0 Å². The van der Waals surface area contributed by atoms with Crippen molar-refractivity contribution in [2.45, 2.75) is 44.9 Å². The molecule has 1 saturated carbocycles. The van der Waals surface area contributed by atoms with E-state index in [1.807, 2.05) is 18.2 Å². The molecule has 1 fully saturated rings. The number of aromatic nitrogens is 2. The maximum Gasteiger partial charge on any atom is 0.411 e. The zero-order valence-corrected chi connectivity index (χ0v) is 18.1. The fraction of sp³-hybridized carbons (Fsp3) is 0.292. The van der Waals surface area contributed by atoms with Crippen molar-refractivity contribution in [1.29, 1.82) is 0 Å². The molecule has 1 aliphatic rings. The fourth-order valence-corrected chi connectivity index (χ4v) is 3.82. The van der Waals surface area contributed by atoms with Crippen LogP contribution in [0.25, 0.3) is 22.3 Å². The number of carbonyl (C=O) groups is 1. The number of halogens is 2. The summed E-state index contributed by atoms with van der Waals surface area (Å²) >= 11 is 6.48. The number of ether oxygens (including phenoxy) is 1. The van der Waals surface area contributed by atoms with E-state index in [4.69, 9.17) is 16.3 Å². The van der Waals surface area contributed by atoms with Gasteiger partial charge in [-0.05, 0) is 69.0 Å². The molecule has 0 spiro atoms. The fourth-order valence-electron chi connectivity index (χ4n) is 3.53. The minimum absolute atomic E-state index is 0.214. The number of nitrogens with one attached hydrogen (secondary N) is 1. The maximum absolute atomic E-state index is 14.8. The third-order valence-corrected chi connectivity index (χ3v) is 5.62. The summed E-state index contributed by atoms with van der Waals surface area (Å²) in [5.41, 5.74) is 2.99. The second-order valence-corrected chi connectivity index (χ2v) is 8.39. The topological polar surface area (TPSA) is 64.1 Å². The zero-order valence-electron chi connectivity index (χ0n) is 17.4. The summed E-state index contributed by atoms with van der Waals surface area (Å²) in [5, 5.41) is 3.12. The van der Waals surface area contributed by atoms with E-state index in [0.717, 1.165) is 28.7 Å². The molecule has 7 heteroatoms. The number of pyridine rings is 2. The molecule has 2 aromatic heterocycles. The van der Waals surface area contributed by atoms with Gasteiger partial charge in [-0.1, -0.05) is 17.7 Å². The molecule has 1 N–H and O–H groups in total. The molecule has 31 heavy (non-hydrogen) atoms. The Balaban J connectivity index is 1.59. The Morgan fingerprint density at radius 3 is 2.58 bits per heavy atom. The number of benzene rings is 1. The van der Waals surface area contributed by atoms with Gasteiger partial charge in [0.25, 0.3) is 0 Å². The van der Waals surface area contributed by atoms with E-state index in [2.05, 4.69) is 15.3 Å². The van der Waals surface area contributed by atoms with Crippen LogP contribution in [0.1, 0.15) is 38.8 Å². The lowest BCUT2D eigenvalue weighted by Gasteiger charge is -2.33. The molecule has 1 aromatic carbocycles. The van der Waals surface area contributed by atoms with Crippen LogP contribution >= 0.6 is 11.6 Å². The van der Waals surface area contributed by atoms with Crippen molar-refractivity contribution in [3.05, 3.63) is 65.7 Å². The van der Waals surface area contributed by atoms with Crippen molar-refractivity contribution in [2.24, 2.45) is 0 Å². The summed E-state index contributed by atoms with van der Waals surface area (Å²) in [7, 11) is 0. The Morgan fingerprint density at radius 2 is 1.90 bits per heavy atom. The molecular weight excluding hydrogens is 417 g/mol. The Bertz CT molecular complexity index is 1120. The summed E-state index contributed by atoms with van der Waals surface area (Å²) in [6, 6.07) is 10.8. The summed E-state index contributed by atoms with van der Waals surface area (Å²) in [4.78, 5) is 20.4. The van der Waals surface area contributed by atoms with Crippen molar-refractivity contribution in [2.75, 3.05) is 5.32 Å². The lowest BCUT2D eigenvalue weighted by atomic mass is 9.79. The van der Waals surface area contributed by atoms with Crippen LogP contribution in [0.15, 0.2) is 55.0 Å². The van der Waals surface area contributed by atoms with E-state index in [1.54, 1.807) is 50.6 Å². The van der Waals surface area contributed by atoms with Crippen LogP contribution in [0, 0.1) is 0 Å². The summed E-state index contributed by atoms with van der Waals surface area (Å²) < 4.78 is 19.9. The number of hydrogen-bond donors (Lipinski definition) is 1. The zero-order chi connectivity index (χ0) is 22.0. The Kier molecular flexibility index (Phi) is 5.92. The monoisotopic (exact) mass is 439 g/mol. The molecule has 0 unspecified atom stereocenters. The standard InChI is InChI=1S/C24H23ClFN3O2/c1-15(2)31-23(30)29-19-4-5-20(21(25)12-19)18-10-17(13-27-14-18)16-6-9-28-22(11-16)24(26)7-3-8-24/h4-6,9-15H,3,7-8H2,1-2H3,(H,29,30). The van der Waals surface area contributed by atoms with Crippen LogP contribution in [0.2, 0.25) is 5.02 Å². The summed E-state index contributed by atoms with van der Waals surface area (Å²) in [5.74, 6) is 0. The number of anilines is 1. The molecule has 3 aromatic rings. The second-order valence-electron chi connectivity index (χ2n) is 7.98. The summed E-state index contributed by atoms with van der Waals surface area (Å²) in [6.45, 7) is 3.56. The number of carbonyl (C=O) groups excluding carboxylic acids is 1. The SMILES string of the molecule is CC(C)OC(=O)Nc1ccc(-c2cncc(-c3ccnc(C4(F)CCC4)c3)c2)c(Cl)c1. The molecule has 4 rings (SSSR count). The van der Waals surface area contributed by atoms with Crippen LogP contribution in [0.4, 0.5) is 14.9 Å². The smallest absolute Gasteiger partial charge is 0.411 e. The van der Waals surface area contributed by atoms with Crippen LogP contribution in [0.5, 0.6) is 0 Å².